The third kappa shape index (κ3) is 4.87. The molecule has 0 amide bonds. The number of hydrogen-bond acceptors (Lipinski definition) is 4. The lowest BCUT2D eigenvalue weighted by Crippen LogP contribution is -2.18. The molecule has 0 aliphatic carbocycles. The molecule has 0 saturated heterocycles. The molecule has 0 unspecified atom stereocenters. The number of ether oxygens (including phenoxy) is 1. The average molecular weight is 364 g/mol. The Kier molecular flexibility index (Phi) is 6.48. The summed E-state index contributed by atoms with van der Waals surface area (Å²) in [4.78, 5) is 0. The Morgan fingerprint density at radius 3 is 2.54 bits per heavy atom. The number of rotatable bonds is 7. The van der Waals surface area contributed by atoms with Gasteiger partial charge in [-0.1, -0.05) is 42.5 Å². The Morgan fingerprint density at radius 1 is 1.21 bits per heavy atom. The van der Waals surface area contributed by atoms with Crippen LogP contribution in [0.25, 0.3) is 6.08 Å². The van der Waals surface area contributed by atoms with Crippen molar-refractivity contribution < 1.29 is 13.2 Å². The normalized spacial score (nSPS) is 12.2. The van der Waals surface area contributed by atoms with Gasteiger partial charge in [0.25, 0.3) is 0 Å². The van der Waals surface area contributed by atoms with E-state index in [2.05, 4.69) is 4.72 Å². The van der Waals surface area contributed by atoms with Crippen molar-refractivity contribution in [2.75, 3.05) is 13.3 Å². The van der Waals surface area contributed by atoms with Gasteiger partial charge >= 0.3 is 0 Å². The van der Waals surface area contributed by atoms with Crippen LogP contribution in [0.1, 0.15) is 16.7 Å². The first-order chi connectivity index (χ1) is 11.5. The molecule has 0 aromatic heterocycles. The van der Waals surface area contributed by atoms with E-state index in [1.54, 1.807) is 12.3 Å². The molecule has 0 bridgehead atoms. The molecule has 4 nitrogen and oxygen atoms in total. The van der Waals surface area contributed by atoms with Gasteiger partial charge in [0.2, 0.25) is 10.0 Å². The van der Waals surface area contributed by atoms with Gasteiger partial charge in [-0.25, -0.2) is 13.1 Å². The molecule has 2 aromatic rings. The Bertz CT molecular complexity index is 815. The molecule has 0 heterocycles. The number of benzene rings is 2. The Labute approximate surface area is 148 Å². The van der Waals surface area contributed by atoms with Gasteiger partial charge in [0.1, 0.15) is 16.6 Å². The summed E-state index contributed by atoms with van der Waals surface area (Å²) in [5.41, 5.74) is 2.85. The van der Waals surface area contributed by atoms with Crippen LogP contribution in [-0.2, 0) is 16.6 Å². The summed E-state index contributed by atoms with van der Waals surface area (Å²) in [6.07, 6.45) is 3.37. The summed E-state index contributed by atoms with van der Waals surface area (Å²) in [5, 5.41) is 0. The summed E-state index contributed by atoms with van der Waals surface area (Å²) in [6.45, 7) is 2.40. The molecule has 0 aliphatic heterocycles. The molecule has 6 heteroatoms. The minimum Gasteiger partial charge on any atom is -0.488 e. The highest BCUT2D eigenvalue weighted by atomic mass is 32.3. The molecule has 0 fully saturated rings. The Morgan fingerprint density at radius 2 is 1.92 bits per heavy atom. The van der Waals surface area contributed by atoms with Crippen LogP contribution >= 0.6 is 11.8 Å². The second-order valence-corrected chi connectivity index (χ2v) is 8.15. The molecular weight excluding hydrogens is 342 g/mol. The quantitative estimate of drug-likeness (QED) is 0.813. The zero-order valence-electron chi connectivity index (χ0n) is 13.9. The van der Waals surface area contributed by atoms with Gasteiger partial charge in [-0.15, -0.1) is 11.8 Å². The van der Waals surface area contributed by atoms with E-state index in [0.717, 1.165) is 16.7 Å². The fraction of sp³-hybridized carbons (Fsp3) is 0.222. The molecule has 1 N–H and O–H groups in total. The predicted molar refractivity (Wildman–Crippen MR) is 101 cm³/mol. The third-order valence-electron chi connectivity index (χ3n) is 3.41. The van der Waals surface area contributed by atoms with Crippen molar-refractivity contribution in [2.24, 2.45) is 0 Å². The molecular formula is C18H21NO3S2. The number of hydrogen-bond donors (Lipinski definition) is 1. The second kappa shape index (κ2) is 8.37. The van der Waals surface area contributed by atoms with E-state index in [4.69, 9.17) is 4.74 Å². The molecule has 0 spiro atoms. The zero-order valence-corrected chi connectivity index (χ0v) is 15.6. The van der Waals surface area contributed by atoms with Crippen LogP contribution in [-0.4, -0.2) is 21.7 Å². The maximum absolute atomic E-state index is 12.1. The largest absolute Gasteiger partial charge is 0.488 e. The minimum atomic E-state index is -3.48. The van der Waals surface area contributed by atoms with Crippen molar-refractivity contribution in [1.29, 1.82) is 0 Å². The van der Waals surface area contributed by atoms with E-state index < -0.39 is 10.0 Å². The van der Waals surface area contributed by atoms with Crippen molar-refractivity contribution in [2.45, 2.75) is 13.5 Å². The molecule has 128 valence electrons. The van der Waals surface area contributed by atoms with E-state index in [0.29, 0.717) is 12.4 Å². The highest BCUT2D eigenvalue weighted by Crippen LogP contribution is 2.28. The summed E-state index contributed by atoms with van der Waals surface area (Å²) < 4.78 is 32.6. The summed E-state index contributed by atoms with van der Waals surface area (Å²) >= 11 is 1.18. The van der Waals surface area contributed by atoms with Gasteiger partial charge in [0.05, 0.1) is 0 Å². The molecule has 2 aromatic carbocycles. The van der Waals surface area contributed by atoms with Crippen LogP contribution in [0, 0.1) is 6.92 Å². The summed E-state index contributed by atoms with van der Waals surface area (Å²) in [6, 6.07) is 15.6. The summed E-state index contributed by atoms with van der Waals surface area (Å²) in [5.74, 6) is 0.664. The van der Waals surface area contributed by atoms with Gasteiger partial charge in [0.15, 0.2) is 0 Å². The van der Waals surface area contributed by atoms with Crippen molar-refractivity contribution in [3.8, 4) is 5.75 Å². The van der Waals surface area contributed by atoms with Crippen molar-refractivity contribution in [3.63, 3.8) is 0 Å². The predicted octanol–water partition coefficient (Wildman–Crippen LogP) is 3.78. The van der Waals surface area contributed by atoms with Crippen LogP contribution in [0.2, 0.25) is 0 Å². The Balaban J connectivity index is 2.33. The van der Waals surface area contributed by atoms with E-state index in [1.807, 2.05) is 55.5 Å². The maximum Gasteiger partial charge on any atom is 0.246 e. The third-order valence-corrected chi connectivity index (χ3v) is 6.28. The topological polar surface area (TPSA) is 55.4 Å². The number of nitrogens with one attached hydrogen (secondary N) is 1. The van der Waals surface area contributed by atoms with Crippen LogP contribution in [0.3, 0.4) is 0 Å². The monoisotopic (exact) mass is 363 g/mol. The molecule has 0 saturated carbocycles. The van der Waals surface area contributed by atoms with E-state index >= 15 is 0 Å². The standard InChI is InChI=1S/C18H21NO3S2/c1-14-9-10-16(12-18(23-3)24(20,21)19-2)17(11-14)22-13-15-7-5-4-6-8-15/h4-12,19H,13H2,1-3H3/b18-12-. The lowest BCUT2D eigenvalue weighted by molar-refractivity contribution is 0.305. The van der Waals surface area contributed by atoms with Crippen molar-refractivity contribution >= 4 is 27.9 Å². The van der Waals surface area contributed by atoms with E-state index in [1.165, 1.54) is 18.8 Å². The zero-order chi connectivity index (χ0) is 17.6. The first-order valence-electron chi connectivity index (χ1n) is 7.43. The molecule has 0 aliphatic rings. The fourth-order valence-corrected chi connectivity index (χ4v) is 3.95. The smallest absolute Gasteiger partial charge is 0.246 e. The van der Waals surface area contributed by atoms with Gasteiger partial charge in [-0.3, -0.25) is 0 Å². The van der Waals surface area contributed by atoms with Crippen molar-refractivity contribution in [3.05, 3.63) is 69.5 Å². The second-order valence-electron chi connectivity index (χ2n) is 5.19. The van der Waals surface area contributed by atoms with Crippen molar-refractivity contribution in [1.82, 2.24) is 4.72 Å². The SMILES string of the molecule is CNS(=O)(=O)/C(=C\c1ccc(C)cc1OCc1ccccc1)SC. The van der Waals surface area contributed by atoms with Gasteiger partial charge < -0.3 is 4.74 Å². The van der Waals surface area contributed by atoms with E-state index in [-0.39, 0.29) is 4.24 Å². The number of thioether (sulfide) groups is 1. The molecule has 24 heavy (non-hydrogen) atoms. The summed E-state index contributed by atoms with van der Waals surface area (Å²) in [7, 11) is -2.08. The number of aryl methyl sites for hydroxylation is 1. The van der Waals surface area contributed by atoms with E-state index in [9.17, 15) is 8.42 Å². The van der Waals surface area contributed by atoms with Crippen LogP contribution in [0.15, 0.2) is 52.8 Å². The minimum absolute atomic E-state index is 0.249. The van der Waals surface area contributed by atoms with Crippen LogP contribution < -0.4 is 9.46 Å². The highest BCUT2D eigenvalue weighted by Gasteiger charge is 2.15. The lowest BCUT2D eigenvalue weighted by Gasteiger charge is -2.12. The lowest BCUT2D eigenvalue weighted by atomic mass is 10.1. The van der Waals surface area contributed by atoms with Gasteiger partial charge in [-0.05, 0) is 43.5 Å². The van der Waals surface area contributed by atoms with Crippen LogP contribution in [0.4, 0.5) is 0 Å². The molecule has 0 radical (unpaired) electrons. The maximum atomic E-state index is 12.1. The first kappa shape index (κ1) is 18.6. The first-order valence-corrected chi connectivity index (χ1v) is 10.1. The average Bonchev–Trinajstić information content (AvgIpc) is 2.59. The molecule has 0 atom stereocenters. The number of sulfonamides is 1. The Hall–Kier alpha value is -1.76. The van der Waals surface area contributed by atoms with Crippen LogP contribution in [0.5, 0.6) is 5.75 Å². The highest BCUT2D eigenvalue weighted by molar-refractivity contribution is 8.17. The fourth-order valence-electron chi connectivity index (χ4n) is 2.09. The van der Waals surface area contributed by atoms with Gasteiger partial charge in [0, 0.05) is 5.56 Å². The molecule has 2 rings (SSSR count). The van der Waals surface area contributed by atoms with Gasteiger partial charge in [-0.2, -0.15) is 0 Å².